The molecule has 0 aromatic rings. The molecule has 104 heavy (non-hydrogen) atoms. The van der Waals surface area contributed by atoms with Gasteiger partial charge >= 0.3 is 39.5 Å². The predicted molar refractivity (Wildman–Crippen MR) is 427 cm³/mol. The Balaban J connectivity index is 5.45. The first-order valence-electron chi connectivity index (χ1n) is 40.4. The van der Waals surface area contributed by atoms with E-state index >= 15 is 0 Å². The van der Waals surface area contributed by atoms with Gasteiger partial charge < -0.3 is 33.8 Å². The van der Waals surface area contributed by atoms with E-state index < -0.39 is 97.5 Å². The molecule has 0 fully saturated rings. The van der Waals surface area contributed by atoms with Crippen molar-refractivity contribution in [1.82, 2.24) is 0 Å². The molecule has 0 aliphatic heterocycles. The molecule has 0 spiro atoms. The van der Waals surface area contributed by atoms with E-state index in [-0.39, 0.29) is 25.7 Å². The van der Waals surface area contributed by atoms with Gasteiger partial charge in [0.05, 0.1) is 26.4 Å². The Morgan fingerprint density at radius 2 is 0.519 bits per heavy atom. The van der Waals surface area contributed by atoms with Crippen LogP contribution in [0.4, 0.5) is 0 Å². The first kappa shape index (κ1) is 99.2. The Bertz CT molecular complexity index is 2490. The average Bonchev–Trinajstić information content (AvgIpc) is 0.911. The van der Waals surface area contributed by atoms with Crippen LogP contribution in [0.1, 0.15) is 323 Å². The van der Waals surface area contributed by atoms with E-state index in [1.807, 2.05) is 18.2 Å². The number of aliphatic hydroxyl groups excluding tert-OH is 1. The second kappa shape index (κ2) is 76.4. The van der Waals surface area contributed by atoms with Gasteiger partial charge in [0.15, 0.2) is 12.2 Å². The Labute approximate surface area is 631 Å². The van der Waals surface area contributed by atoms with E-state index in [1.54, 1.807) is 0 Å². The van der Waals surface area contributed by atoms with Gasteiger partial charge in [0.25, 0.3) is 0 Å². The number of unbranched alkanes of at least 4 members (excludes halogenated alkanes) is 27. The normalized spacial score (nSPS) is 14.6. The topological polar surface area (TPSA) is 237 Å². The van der Waals surface area contributed by atoms with Crippen molar-refractivity contribution in [3.63, 3.8) is 0 Å². The number of phosphoric acid groups is 2. The quantitative estimate of drug-likeness (QED) is 0.0169. The molecule has 596 valence electrons. The van der Waals surface area contributed by atoms with Gasteiger partial charge in [-0.15, -0.1) is 0 Å². The lowest BCUT2D eigenvalue weighted by molar-refractivity contribution is -0.161. The number of carbonyl (C=O) groups is 4. The van der Waals surface area contributed by atoms with Crippen molar-refractivity contribution in [1.29, 1.82) is 0 Å². The predicted octanol–water partition coefficient (Wildman–Crippen LogP) is 23.7. The van der Waals surface area contributed by atoms with Crippen LogP contribution in [-0.4, -0.2) is 96.7 Å². The maximum absolute atomic E-state index is 13.1. The van der Waals surface area contributed by atoms with Gasteiger partial charge in [0.2, 0.25) is 0 Å². The standard InChI is InChI=1S/C85H144O17P2/c1-5-9-13-17-21-25-29-33-36-38-39-41-43-47-50-54-58-62-66-70-83(88)96-76-81(102-85(90)72-68-64-60-56-52-48-44-40-37-34-30-26-22-18-14-10-6-2)78-100-104(93,94)98-74-79(86)73-97-103(91,92)99-77-80(101-84(89)71-67-63-59-55-51-45-32-28-24-20-16-12-8-4)75-95-82(87)69-65-61-57-53-49-46-42-35-31-27-23-19-15-11-7-3/h9-10,13-14,21-22,25-26,28,32-34,36-37,39,41,44,47-48,50,58,62,79-81,86H,5-8,11-12,15-20,23-24,27,29-31,35,38,40,42-43,45-46,49,51-57,59-61,63-78H2,1-4H3,(H,91,92)(H,93,94)/b13-9-,14-10-,25-21-,26-22-,32-28-,36-33-,37-34-,41-39-,48-44-,50-47-,62-58-. The lowest BCUT2D eigenvalue weighted by Crippen LogP contribution is -2.30. The largest absolute Gasteiger partial charge is 0.472 e. The summed E-state index contributed by atoms with van der Waals surface area (Å²) in [5, 5.41) is 10.6. The molecule has 5 unspecified atom stereocenters. The number of carbonyl (C=O) groups excluding carboxylic acids is 4. The number of phosphoric ester groups is 2. The molecule has 0 saturated carbocycles. The fraction of sp³-hybridized carbons (Fsp3) is 0.694. The van der Waals surface area contributed by atoms with Crippen LogP contribution >= 0.6 is 15.6 Å². The molecule has 0 amide bonds. The van der Waals surface area contributed by atoms with Gasteiger partial charge in [0, 0.05) is 25.7 Å². The molecule has 0 rings (SSSR count). The van der Waals surface area contributed by atoms with E-state index in [2.05, 4.69) is 143 Å². The molecule has 0 radical (unpaired) electrons. The molecule has 0 bridgehead atoms. The second-order valence-electron chi connectivity index (χ2n) is 26.6. The second-order valence-corrected chi connectivity index (χ2v) is 29.5. The van der Waals surface area contributed by atoms with Crippen LogP contribution in [0, 0.1) is 0 Å². The Kier molecular flexibility index (Phi) is 72.9. The highest BCUT2D eigenvalue weighted by Gasteiger charge is 2.30. The van der Waals surface area contributed by atoms with E-state index in [9.17, 15) is 43.2 Å². The van der Waals surface area contributed by atoms with Gasteiger partial charge in [-0.3, -0.25) is 37.3 Å². The zero-order valence-corrected chi connectivity index (χ0v) is 66.9. The van der Waals surface area contributed by atoms with Crippen molar-refractivity contribution in [2.24, 2.45) is 0 Å². The Morgan fingerprint density at radius 1 is 0.279 bits per heavy atom. The summed E-state index contributed by atoms with van der Waals surface area (Å²) in [5.74, 6) is -2.30. The van der Waals surface area contributed by atoms with Crippen molar-refractivity contribution in [3.05, 3.63) is 134 Å². The highest BCUT2D eigenvalue weighted by atomic mass is 31.2. The summed E-state index contributed by atoms with van der Waals surface area (Å²) in [6.07, 6.45) is 85.9. The number of rotatable bonds is 75. The minimum Gasteiger partial charge on any atom is -0.462 e. The summed E-state index contributed by atoms with van der Waals surface area (Å²) in [6.45, 7) is 4.54. The molecule has 0 aromatic carbocycles. The van der Waals surface area contributed by atoms with Crippen molar-refractivity contribution >= 4 is 39.5 Å². The Morgan fingerprint density at radius 3 is 0.846 bits per heavy atom. The van der Waals surface area contributed by atoms with Crippen LogP contribution < -0.4 is 0 Å². The number of hydrogen-bond acceptors (Lipinski definition) is 15. The molecule has 3 N–H and O–H groups in total. The summed E-state index contributed by atoms with van der Waals surface area (Å²) < 4.78 is 68.5. The zero-order valence-electron chi connectivity index (χ0n) is 65.2. The Hall–Kier alpha value is -4.80. The maximum Gasteiger partial charge on any atom is 0.472 e. The summed E-state index contributed by atoms with van der Waals surface area (Å²) in [6, 6.07) is 0. The van der Waals surface area contributed by atoms with Gasteiger partial charge in [-0.2, -0.15) is 0 Å². The highest BCUT2D eigenvalue weighted by molar-refractivity contribution is 7.47. The molecule has 17 nitrogen and oxygen atoms in total. The van der Waals surface area contributed by atoms with Crippen LogP contribution in [0.25, 0.3) is 0 Å². The smallest absolute Gasteiger partial charge is 0.462 e. The minimum atomic E-state index is -5.00. The van der Waals surface area contributed by atoms with Crippen molar-refractivity contribution in [2.75, 3.05) is 39.6 Å². The van der Waals surface area contributed by atoms with Crippen LogP contribution in [0.5, 0.6) is 0 Å². The average molecular weight is 1500 g/mol. The van der Waals surface area contributed by atoms with Crippen LogP contribution in [0.2, 0.25) is 0 Å². The first-order valence-corrected chi connectivity index (χ1v) is 43.4. The minimum absolute atomic E-state index is 0.0271. The van der Waals surface area contributed by atoms with Gasteiger partial charge in [-0.05, 0) is 128 Å². The molecule has 0 aliphatic carbocycles. The van der Waals surface area contributed by atoms with Crippen molar-refractivity contribution in [2.45, 2.75) is 341 Å². The zero-order chi connectivity index (χ0) is 76.0. The van der Waals surface area contributed by atoms with E-state index in [4.69, 9.17) is 37.0 Å². The lowest BCUT2D eigenvalue weighted by atomic mass is 10.0. The lowest BCUT2D eigenvalue weighted by Gasteiger charge is -2.21. The fourth-order valence-electron chi connectivity index (χ4n) is 10.5. The summed E-state index contributed by atoms with van der Waals surface area (Å²) in [7, 11) is -9.99. The number of esters is 4. The van der Waals surface area contributed by atoms with E-state index in [0.717, 1.165) is 141 Å². The van der Waals surface area contributed by atoms with Crippen molar-refractivity contribution in [3.8, 4) is 0 Å². The SMILES string of the molecule is CC/C=C\C/C=C\C/C=C\C/C=C\C/C=C\C/C=C\CCC(=O)OCC(COP(=O)(O)OCC(O)COP(=O)(O)OCC(COC(=O)CCCCCCCCCCCCCCCCC)OC(=O)CCCCCCC/C=C\CCCCCC)OC(=O)CCCCCC/C=C\C/C=C\C/C=C\C/C=C\CC. The summed E-state index contributed by atoms with van der Waals surface area (Å²) in [4.78, 5) is 73.0. The monoisotopic (exact) mass is 1500 g/mol. The third-order valence-electron chi connectivity index (χ3n) is 16.6. The van der Waals surface area contributed by atoms with Gasteiger partial charge in [-0.25, -0.2) is 9.13 Å². The molecular weight excluding hydrogens is 1350 g/mol. The molecule has 0 aliphatic rings. The number of allylic oxidation sites excluding steroid dienone is 22. The maximum atomic E-state index is 13.1. The third kappa shape index (κ3) is 75.4. The molecule has 0 saturated heterocycles. The highest BCUT2D eigenvalue weighted by Crippen LogP contribution is 2.45. The molecular formula is C85H144O17P2. The molecule has 0 heterocycles. The van der Waals surface area contributed by atoms with E-state index in [1.165, 1.54) is 96.3 Å². The molecule has 0 aromatic heterocycles. The van der Waals surface area contributed by atoms with Gasteiger partial charge in [-0.1, -0.05) is 303 Å². The van der Waals surface area contributed by atoms with Crippen molar-refractivity contribution < 1.29 is 80.2 Å². The number of aliphatic hydroxyl groups is 1. The van der Waals surface area contributed by atoms with E-state index in [0.29, 0.717) is 32.1 Å². The molecule has 19 heteroatoms. The fourth-order valence-corrected chi connectivity index (χ4v) is 12.1. The van der Waals surface area contributed by atoms with Crippen LogP contribution in [0.15, 0.2) is 134 Å². The summed E-state index contributed by atoms with van der Waals surface area (Å²) >= 11 is 0. The first-order chi connectivity index (χ1) is 50.7. The van der Waals surface area contributed by atoms with Crippen LogP contribution in [-0.2, 0) is 65.4 Å². The third-order valence-corrected chi connectivity index (χ3v) is 18.5. The molecule has 5 atom stereocenters. The number of hydrogen-bond donors (Lipinski definition) is 3. The number of ether oxygens (including phenoxy) is 4. The summed E-state index contributed by atoms with van der Waals surface area (Å²) in [5.41, 5.74) is 0. The van der Waals surface area contributed by atoms with Gasteiger partial charge in [0.1, 0.15) is 19.3 Å². The van der Waals surface area contributed by atoms with Crippen LogP contribution in [0.3, 0.4) is 0 Å².